The molecule has 0 unspecified atom stereocenters. The summed E-state index contributed by atoms with van der Waals surface area (Å²) in [7, 11) is 0. The van der Waals surface area contributed by atoms with Gasteiger partial charge in [0.05, 0.1) is 30.0 Å². The van der Waals surface area contributed by atoms with Crippen LogP contribution in [0.4, 0.5) is 15.9 Å². The van der Waals surface area contributed by atoms with Crippen molar-refractivity contribution in [2.45, 2.75) is 37.6 Å². The molecule has 2 bridgehead atoms. The number of morpholine rings is 1. The maximum Gasteiger partial charge on any atom is 0.320 e. The van der Waals surface area contributed by atoms with E-state index in [9.17, 15) is 9.18 Å². The fourth-order valence-electron chi connectivity index (χ4n) is 6.97. The average Bonchev–Trinajstić information content (AvgIpc) is 3.67. The Balaban J connectivity index is 1.21. The van der Waals surface area contributed by atoms with Crippen molar-refractivity contribution in [3.8, 4) is 6.01 Å². The number of nitrogens with zero attached hydrogens (tertiary/aromatic N) is 7. The smallest absolute Gasteiger partial charge is 0.320 e. The van der Waals surface area contributed by atoms with Crippen LogP contribution >= 0.6 is 11.6 Å². The van der Waals surface area contributed by atoms with Gasteiger partial charge < -0.3 is 29.0 Å². The lowest BCUT2D eigenvalue weighted by Gasteiger charge is -2.41. The van der Waals surface area contributed by atoms with Gasteiger partial charge in [-0.05, 0) is 30.4 Å². The molecule has 3 saturated heterocycles. The Hall–Kier alpha value is -3.98. The molecule has 10 nitrogen and oxygen atoms in total. The number of piperazine rings is 1. The average molecular weight is 618 g/mol. The van der Waals surface area contributed by atoms with Crippen molar-refractivity contribution in [3.63, 3.8) is 0 Å². The molecule has 44 heavy (non-hydrogen) atoms. The zero-order chi connectivity index (χ0) is 30.4. The van der Waals surface area contributed by atoms with E-state index < -0.39 is 17.8 Å². The Morgan fingerprint density at radius 3 is 2.75 bits per heavy atom. The summed E-state index contributed by atoms with van der Waals surface area (Å²) >= 11 is 6.69. The predicted octanol–water partition coefficient (Wildman–Crippen LogP) is 4.07. The molecular formula is C32H33ClFN7O3. The van der Waals surface area contributed by atoms with E-state index in [1.807, 2.05) is 18.2 Å². The molecule has 0 radical (unpaired) electrons. The predicted molar refractivity (Wildman–Crippen MR) is 166 cm³/mol. The highest BCUT2D eigenvalue weighted by atomic mass is 35.5. The maximum absolute atomic E-state index is 13.8. The lowest BCUT2D eigenvalue weighted by molar-refractivity contribution is -0.131. The Morgan fingerprint density at radius 1 is 1.16 bits per heavy atom. The minimum atomic E-state index is -1.02. The van der Waals surface area contributed by atoms with Gasteiger partial charge in [-0.1, -0.05) is 42.4 Å². The normalized spacial score (nSPS) is 23.1. The Bertz CT molecular complexity index is 1660. The van der Waals surface area contributed by atoms with Crippen molar-refractivity contribution < 1.29 is 18.7 Å². The van der Waals surface area contributed by atoms with E-state index in [4.69, 9.17) is 37.6 Å². The highest BCUT2D eigenvalue weighted by Gasteiger charge is 2.40. The summed E-state index contributed by atoms with van der Waals surface area (Å²) in [5.74, 6) is -1.04. The molecule has 3 atom stereocenters. The second kappa shape index (κ2) is 11.8. The molecule has 3 aromatic rings. The minimum absolute atomic E-state index is 0.0569. The molecule has 1 amide bonds. The van der Waals surface area contributed by atoms with Crippen molar-refractivity contribution in [2.75, 3.05) is 62.4 Å². The molecule has 228 valence electrons. The number of rotatable bonds is 7. The van der Waals surface area contributed by atoms with Crippen molar-refractivity contribution in [3.05, 3.63) is 76.5 Å². The van der Waals surface area contributed by atoms with E-state index in [1.165, 1.54) is 4.90 Å². The SMILES string of the molecule is [C-]#[N+]C[C@H]1CN(c2nc(OCN3C[C@@H]4C[C@H]3CO4)nc3c2CCN(c2cccc4cccc(Cl)c24)C3)CCN1C(=O)C(=C)F. The van der Waals surface area contributed by atoms with E-state index in [2.05, 4.69) is 44.3 Å². The fraction of sp³-hybridized carbons (Fsp3) is 0.438. The number of hydrogen-bond donors (Lipinski definition) is 0. The Labute approximate surface area is 260 Å². The van der Waals surface area contributed by atoms with Gasteiger partial charge in [0.15, 0.2) is 5.83 Å². The Kier molecular flexibility index (Phi) is 7.74. The lowest BCUT2D eigenvalue weighted by atomic mass is 10.0. The number of halogens is 2. The largest absolute Gasteiger partial charge is 0.447 e. The highest BCUT2D eigenvalue weighted by molar-refractivity contribution is 6.36. The van der Waals surface area contributed by atoms with Crippen LogP contribution < -0.4 is 14.5 Å². The van der Waals surface area contributed by atoms with E-state index >= 15 is 0 Å². The van der Waals surface area contributed by atoms with Crippen molar-refractivity contribution in [2.24, 2.45) is 0 Å². The van der Waals surface area contributed by atoms with Gasteiger partial charge in [-0.15, -0.1) is 0 Å². The summed E-state index contributed by atoms with van der Waals surface area (Å²) < 4.78 is 25.8. The first kappa shape index (κ1) is 28.8. The molecule has 0 aliphatic carbocycles. The number of carbonyl (C=O) groups excluding carboxylic acids is 1. The van der Waals surface area contributed by atoms with Gasteiger partial charge in [0.25, 0.3) is 5.91 Å². The third-order valence-corrected chi connectivity index (χ3v) is 9.46. The summed E-state index contributed by atoms with van der Waals surface area (Å²) in [6.07, 6.45) is 1.95. The van der Waals surface area contributed by atoms with Gasteiger partial charge in [-0.3, -0.25) is 9.69 Å². The maximum atomic E-state index is 13.8. The molecule has 7 rings (SSSR count). The van der Waals surface area contributed by atoms with Gasteiger partial charge in [0, 0.05) is 55.4 Å². The van der Waals surface area contributed by atoms with E-state index in [0.717, 1.165) is 53.0 Å². The number of carbonyl (C=O) groups is 1. The molecule has 5 heterocycles. The first-order chi connectivity index (χ1) is 21.4. The van der Waals surface area contributed by atoms with Crippen molar-refractivity contribution >= 4 is 39.8 Å². The summed E-state index contributed by atoms with van der Waals surface area (Å²) in [5, 5.41) is 2.79. The molecule has 12 heteroatoms. The molecule has 4 aliphatic rings. The molecule has 0 N–H and O–H groups in total. The van der Waals surface area contributed by atoms with Gasteiger partial charge >= 0.3 is 6.01 Å². The van der Waals surface area contributed by atoms with Crippen LogP contribution in [0, 0.1) is 6.57 Å². The van der Waals surface area contributed by atoms with Crippen LogP contribution in [0.3, 0.4) is 0 Å². The zero-order valence-corrected chi connectivity index (χ0v) is 25.0. The minimum Gasteiger partial charge on any atom is -0.447 e. The second-order valence-electron chi connectivity index (χ2n) is 11.8. The third kappa shape index (κ3) is 5.31. The van der Waals surface area contributed by atoms with Crippen LogP contribution in [0.1, 0.15) is 17.7 Å². The standard InChI is InChI=1S/C32H33ClFN7O3/c1-20(34)31(42)41-12-11-39(15-23(41)14-35-2)30-25-9-10-38(28-8-4-6-21-5-3-7-26(33)29(21)28)17-27(25)36-32(37-30)44-19-40-16-24-13-22(40)18-43-24/h3-8,22-24H,1,9-19H2/t22-,23-,24-/m0/s1. The second-order valence-corrected chi connectivity index (χ2v) is 12.2. The number of amides is 1. The van der Waals surface area contributed by atoms with Crippen molar-refractivity contribution in [1.82, 2.24) is 19.8 Å². The van der Waals surface area contributed by atoms with Gasteiger partial charge in [-0.25, -0.2) is 11.0 Å². The zero-order valence-electron chi connectivity index (χ0n) is 24.3. The fourth-order valence-corrected chi connectivity index (χ4v) is 7.25. The van der Waals surface area contributed by atoms with Crippen LogP contribution in [-0.2, 0) is 22.5 Å². The molecule has 3 fully saturated rings. The van der Waals surface area contributed by atoms with Crippen LogP contribution in [0.15, 0.2) is 48.8 Å². The quantitative estimate of drug-likeness (QED) is 0.290. The number of hydrogen-bond acceptors (Lipinski definition) is 8. The highest BCUT2D eigenvalue weighted by Crippen LogP contribution is 2.37. The van der Waals surface area contributed by atoms with Crippen LogP contribution in [0.25, 0.3) is 15.6 Å². The molecule has 0 spiro atoms. The number of likely N-dealkylation sites (tertiary alicyclic amines) is 1. The molecule has 4 aliphatic heterocycles. The number of fused-ring (bicyclic) bond motifs is 4. The molecular weight excluding hydrogens is 585 g/mol. The number of benzene rings is 2. The summed E-state index contributed by atoms with van der Waals surface area (Å²) in [5.41, 5.74) is 2.93. The van der Waals surface area contributed by atoms with Crippen LogP contribution in [0.5, 0.6) is 6.01 Å². The number of aromatic nitrogens is 2. The monoisotopic (exact) mass is 617 g/mol. The first-order valence-corrected chi connectivity index (χ1v) is 15.3. The summed E-state index contributed by atoms with van der Waals surface area (Å²) in [6.45, 7) is 14.9. The molecule has 1 aromatic heterocycles. The third-order valence-electron chi connectivity index (χ3n) is 9.15. The van der Waals surface area contributed by atoms with Gasteiger partial charge in [0.1, 0.15) is 18.6 Å². The van der Waals surface area contributed by atoms with Crippen molar-refractivity contribution in [1.29, 1.82) is 0 Å². The van der Waals surface area contributed by atoms with E-state index in [1.54, 1.807) is 0 Å². The lowest BCUT2D eigenvalue weighted by Crippen LogP contribution is -2.57. The first-order valence-electron chi connectivity index (χ1n) is 14.9. The number of anilines is 2. The van der Waals surface area contributed by atoms with Gasteiger partial charge in [0.2, 0.25) is 6.54 Å². The molecule has 2 aromatic carbocycles. The van der Waals surface area contributed by atoms with E-state index in [-0.39, 0.29) is 25.2 Å². The topological polar surface area (TPSA) is 78.6 Å². The van der Waals surface area contributed by atoms with E-state index in [0.29, 0.717) is 50.5 Å². The molecule has 0 saturated carbocycles. The van der Waals surface area contributed by atoms with Crippen LogP contribution in [-0.4, -0.2) is 96.5 Å². The summed E-state index contributed by atoms with van der Waals surface area (Å²) in [4.78, 5) is 34.0. The Morgan fingerprint density at radius 2 is 2.00 bits per heavy atom. The van der Waals surface area contributed by atoms with Crippen LogP contribution in [0.2, 0.25) is 5.02 Å². The number of ether oxygens (including phenoxy) is 2. The summed E-state index contributed by atoms with van der Waals surface area (Å²) in [6, 6.07) is 12.3. The van der Waals surface area contributed by atoms with Gasteiger partial charge in [-0.2, -0.15) is 9.97 Å².